The first-order chi connectivity index (χ1) is 5.77. The van der Waals surface area contributed by atoms with Crippen LogP contribution in [0.2, 0.25) is 0 Å². The molecule has 1 N–H and O–H groups in total. The van der Waals surface area contributed by atoms with Gasteiger partial charge in [-0.25, -0.2) is 0 Å². The van der Waals surface area contributed by atoms with Gasteiger partial charge in [-0.05, 0) is 37.6 Å². The summed E-state index contributed by atoms with van der Waals surface area (Å²) in [5.41, 5.74) is 2.31. The van der Waals surface area contributed by atoms with Crippen molar-refractivity contribution in [2.45, 2.75) is 13.8 Å². The van der Waals surface area contributed by atoms with Gasteiger partial charge in [0.15, 0.2) is 0 Å². The average Bonchev–Trinajstić information content (AvgIpc) is 2.05. The van der Waals surface area contributed by atoms with E-state index in [2.05, 4.69) is 18.3 Å². The Labute approximate surface area is 85.7 Å². The van der Waals surface area contributed by atoms with Crippen LogP contribution in [0.5, 0.6) is 5.75 Å². The van der Waals surface area contributed by atoms with Crippen molar-refractivity contribution in [3.63, 3.8) is 0 Å². The molecule has 13 heavy (non-hydrogen) atoms. The molecule has 0 aliphatic carbocycles. The van der Waals surface area contributed by atoms with Crippen LogP contribution in [-0.4, -0.2) is 13.7 Å². The molecule has 1 rings (SSSR count). The first kappa shape index (κ1) is 12.1. The molecule has 3 heteroatoms. The van der Waals surface area contributed by atoms with Crippen LogP contribution in [0.3, 0.4) is 0 Å². The van der Waals surface area contributed by atoms with Gasteiger partial charge in [0.2, 0.25) is 0 Å². The third-order valence-corrected chi connectivity index (χ3v) is 1.78. The summed E-state index contributed by atoms with van der Waals surface area (Å²) in [6, 6.07) is 6.09. The Bertz CT molecular complexity index is 263. The van der Waals surface area contributed by atoms with Gasteiger partial charge in [-0.1, -0.05) is 0 Å². The van der Waals surface area contributed by atoms with Gasteiger partial charge in [-0.15, -0.1) is 12.4 Å². The molecule has 0 radical (unpaired) electrons. The highest BCUT2D eigenvalue weighted by molar-refractivity contribution is 5.85. The lowest BCUT2D eigenvalue weighted by molar-refractivity contribution is 0.412. The first-order valence-corrected chi connectivity index (χ1v) is 4.16. The van der Waals surface area contributed by atoms with E-state index in [0.717, 1.165) is 23.5 Å². The number of hydrogen-bond acceptors (Lipinski definition) is 2. The Morgan fingerprint density at radius 3 is 2.54 bits per heavy atom. The molecule has 1 aromatic carbocycles. The van der Waals surface area contributed by atoms with E-state index in [9.17, 15) is 0 Å². The number of ether oxygens (including phenoxy) is 1. The lowest BCUT2D eigenvalue weighted by Gasteiger charge is -2.07. The van der Waals surface area contributed by atoms with E-state index in [1.807, 2.05) is 19.1 Å². The quantitative estimate of drug-likeness (QED) is 0.812. The van der Waals surface area contributed by atoms with Crippen LogP contribution in [0.25, 0.3) is 0 Å². The van der Waals surface area contributed by atoms with Gasteiger partial charge in [-0.2, -0.15) is 0 Å². The molecule has 0 aliphatic rings. The number of methoxy groups -OCH3 is 1. The number of rotatable bonds is 3. The summed E-state index contributed by atoms with van der Waals surface area (Å²) in [5.74, 6) is 0.941. The number of hydrogen-bond donors (Lipinski definition) is 1. The monoisotopic (exact) mass is 201 g/mol. The van der Waals surface area contributed by atoms with E-state index in [1.165, 1.54) is 0 Å². The molecule has 74 valence electrons. The lowest BCUT2D eigenvalue weighted by Crippen LogP contribution is -1.97. The largest absolute Gasteiger partial charge is 0.496 e. The minimum atomic E-state index is 0. The second kappa shape index (κ2) is 5.70. The lowest BCUT2D eigenvalue weighted by atomic mass is 10.2. The van der Waals surface area contributed by atoms with Gasteiger partial charge in [0, 0.05) is 12.2 Å². The maximum absolute atomic E-state index is 5.15. The van der Waals surface area contributed by atoms with Gasteiger partial charge >= 0.3 is 0 Å². The van der Waals surface area contributed by atoms with Gasteiger partial charge in [0.25, 0.3) is 0 Å². The van der Waals surface area contributed by atoms with E-state index in [1.54, 1.807) is 7.11 Å². The van der Waals surface area contributed by atoms with Crippen LogP contribution in [0, 0.1) is 6.92 Å². The van der Waals surface area contributed by atoms with Crippen molar-refractivity contribution in [3.05, 3.63) is 23.8 Å². The third kappa shape index (κ3) is 3.15. The molecule has 0 bridgehead atoms. The predicted molar refractivity (Wildman–Crippen MR) is 59.1 cm³/mol. The van der Waals surface area contributed by atoms with Crippen LogP contribution < -0.4 is 10.1 Å². The molecular formula is C10H16ClNO. The van der Waals surface area contributed by atoms with Gasteiger partial charge in [0.05, 0.1) is 7.11 Å². The highest BCUT2D eigenvalue weighted by Crippen LogP contribution is 2.20. The van der Waals surface area contributed by atoms with Crippen molar-refractivity contribution in [2.24, 2.45) is 0 Å². The van der Waals surface area contributed by atoms with E-state index in [0.29, 0.717) is 0 Å². The maximum Gasteiger partial charge on any atom is 0.121 e. The Kier molecular flexibility index (Phi) is 5.31. The molecule has 0 heterocycles. The minimum Gasteiger partial charge on any atom is -0.496 e. The molecule has 2 nitrogen and oxygen atoms in total. The normalized spacial score (nSPS) is 8.85. The summed E-state index contributed by atoms with van der Waals surface area (Å²) in [6.07, 6.45) is 0. The summed E-state index contributed by atoms with van der Waals surface area (Å²) < 4.78 is 5.15. The highest BCUT2D eigenvalue weighted by Gasteiger charge is 1.97. The zero-order valence-electron chi connectivity index (χ0n) is 8.26. The fourth-order valence-corrected chi connectivity index (χ4v) is 1.19. The SMILES string of the molecule is CCNc1ccc(OC)c(C)c1.Cl. The Morgan fingerprint density at radius 2 is 2.08 bits per heavy atom. The van der Waals surface area contributed by atoms with Gasteiger partial charge in [-0.3, -0.25) is 0 Å². The second-order valence-electron chi connectivity index (χ2n) is 2.71. The van der Waals surface area contributed by atoms with Crippen LogP contribution >= 0.6 is 12.4 Å². The molecule has 0 saturated carbocycles. The fraction of sp³-hybridized carbons (Fsp3) is 0.400. The van der Waals surface area contributed by atoms with Crippen molar-refractivity contribution >= 4 is 18.1 Å². The molecule has 0 spiro atoms. The molecular weight excluding hydrogens is 186 g/mol. The number of aryl methyl sites for hydroxylation is 1. The molecule has 0 unspecified atom stereocenters. The van der Waals surface area contributed by atoms with Crippen molar-refractivity contribution < 1.29 is 4.74 Å². The summed E-state index contributed by atoms with van der Waals surface area (Å²) in [6.45, 7) is 5.07. The summed E-state index contributed by atoms with van der Waals surface area (Å²) >= 11 is 0. The number of anilines is 1. The molecule has 0 amide bonds. The fourth-order valence-electron chi connectivity index (χ4n) is 1.19. The van der Waals surface area contributed by atoms with Crippen molar-refractivity contribution in [3.8, 4) is 5.75 Å². The Morgan fingerprint density at radius 1 is 1.38 bits per heavy atom. The molecule has 1 aromatic rings. The smallest absolute Gasteiger partial charge is 0.121 e. The standard InChI is InChI=1S/C10H15NO.ClH/c1-4-11-9-5-6-10(12-3)8(2)7-9;/h5-7,11H,4H2,1-3H3;1H. The minimum absolute atomic E-state index is 0. The van der Waals surface area contributed by atoms with Gasteiger partial charge in [0.1, 0.15) is 5.75 Å². The highest BCUT2D eigenvalue weighted by atomic mass is 35.5. The van der Waals surface area contributed by atoms with Gasteiger partial charge < -0.3 is 10.1 Å². The zero-order valence-corrected chi connectivity index (χ0v) is 9.07. The number of benzene rings is 1. The van der Waals surface area contributed by atoms with Crippen molar-refractivity contribution in [2.75, 3.05) is 19.0 Å². The summed E-state index contributed by atoms with van der Waals surface area (Å²) in [5, 5.41) is 3.24. The predicted octanol–water partition coefficient (Wildman–Crippen LogP) is 2.86. The number of nitrogens with one attached hydrogen (secondary N) is 1. The average molecular weight is 202 g/mol. The zero-order chi connectivity index (χ0) is 8.97. The first-order valence-electron chi connectivity index (χ1n) is 4.16. The maximum atomic E-state index is 5.15. The molecule has 0 saturated heterocycles. The Hall–Kier alpha value is -0.890. The molecule has 0 aromatic heterocycles. The molecule has 0 fully saturated rings. The summed E-state index contributed by atoms with van der Waals surface area (Å²) in [4.78, 5) is 0. The van der Waals surface area contributed by atoms with Crippen molar-refractivity contribution in [1.29, 1.82) is 0 Å². The van der Waals surface area contributed by atoms with Crippen LogP contribution in [0.1, 0.15) is 12.5 Å². The van der Waals surface area contributed by atoms with Crippen molar-refractivity contribution in [1.82, 2.24) is 0 Å². The topological polar surface area (TPSA) is 21.3 Å². The van der Waals surface area contributed by atoms with E-state index in [-0.39, 0.29) is 12.4 Å². The second-order valence-corrected chi connectivity index (χ2v) is 2.71. The summed E-state index contributed by atoms with van der Waals surface area (Å²) in [7, 11) is 1.69. The molecule has 0 aliphatic heterocycles. The van der Waals surface area contributed by atoms with Crippen LogP contribution in [0.4, 0.5) is 5.69 Å². The van der Waals surface area contributed by atoms with Crippen LogP contribution in [-0.2, 0) is 0 Å². The van der Waals surface area contributed by atoms with E-state index >= 15 is 0 Å². The Balaban J connectivity index is 0.00000144. The van der Waals surface area contributed by atoms with E-state index in [4.69, 9.17) is 4.74 Å². The van der Waals surface area contributed by atoms with Crippen LogP contribution in [0.15, 0.2) is 18.2 Å². The third-order valence-electron chi connectivity index (χ3n) is 1.78. The van der Waals surface area contributed by atoms with E-state index < -0.39 is 0 Å². The molecule has 0 atom stereocenters. The number of halogens is 1.